The molecule has 0 bridgehead atoms. The third-order valence-corrected chi connectivity index (χ3v) is 2.82. The maximum absolute atomic E-state index is 13.4. The standard InChI is InChI=1S/C12H15BrF2N2O2/c1-2-3-8(18)6-16-12(19)17-11-9(14)4-7(13)5-10(11)15/h4-5,8,18H,2-3,6H2,1H3,(H2,16,17,19). The Bertz CT molecular complexity index is 434. The SMILES string of the molecule is CCCC(O)CNC(=O)Nc1c(F)cc(Br)cc1F. The largest absolute Gasteiger partial charge is 0.391 e. The second-order valence-electron chi connectivity index (χ2n) is 4.02. The van der Waals surface area contributed by atoms with Crippen LogP contribution in [0.1, 0.15) is 19.8 Å². The Morgan fingerprint density at radius 2 is 2.00 bits per heavy atom. The van der Waals surface area contributed by atoms with Crippen molar-refractivity contribution in [1.29, 1.82) is 0 Å². The molecule has 0 fully saturated rings. The first-order valence-corrected chi connectivity index (χ1v) is 6.60. The fraction of sp³-hybridized carbons (Fsp3) is 0.417. The number of nitrogens with one attached hydrogen (secondary N) is 2. The molecule has 0 aromatic heterocycles. The van der Waals surface area contributed by atoms with E-state index in [0.29, 0.717) is 6.42 Å². The Hall–Kier alpha value is -1.21. The van der Waals surface area contributed by atoms with Crippen molar-refractivity contribution in [2.24, 2.45) is 0 Å². The van der Waals surface area contributed by atoms with Crippen LogP contribution in [0.25, 0.3) is 0 Å². The zero-order chi connectivity index (χ0) is 14.4. The summed E-state index contributed by atoms with van der Waals surface area (Å²) in [7, 11) is 0. The van der Waals surface area contributed by atoms with Gasteiger partial charge in [-0.05, 0) is 18.6 Å². The van der Waals surface area contributed by atoms with Gasteiger partial charge >= 0.3 is 6.03 Å². The lowest BCUT2D eigenvalue weighted by Gasteiger charge is -2.12. The van der Waals surface area contributed by atoms with Gasteiger partial charge in [-0.15, -0.1) is 0 Å². The van der Waals surface area contributed by atoms with E-state index in [9.17, 15) is 18.7 Å². The second kappa shape index (κ2) is 7.40. The summed E-state index contributed by atoms with van der Waals surface area (Å²) >= 11 is 2.94. The normalized spacial score (nSPS) is 12.1. The van der Waals surface area contributed by atoms with Crippen molar-refractivity contribution in [2.45, 2.75) is 25.9 Å². The van der Waals surface area contributed by atoms with Crippen LogP contribution in [-0.2, 0) is 0 Å². The highest BCUT2D eigenvalue weighted by Crippen LogP contribution is 2.23. The van der Waals surface area contributed by atoms with Gasteiger partial charge in [-0.25, -0.2) is 13.6 Å². The molecule has 0 saturated heterocycles. The monoisotopic (exact) mass is 336 g/mol. The lowest BCUT2D eigenvalue weighted by atomic mass is 10.2. The van der Waals surface area contributed by atoms with Crippen molar-refractivity contribution < 1.29 is 18.7 Å². The van der Waals surface area contributed by atoms with Crippen LogP contribution in [0.5, 0.6) is 0 Å². The first kappa shape index (κ1) is 15.8. The lowest BCUT2D eigenvalue weighted by molar-refractivity contribution is 0.162. The topological polar surface area (TPSA) is 61.4 Å². The van der Waals surface area contributed by atoms with Crippen molar-refractivity contribution in [3.05, 3.63) is 28.2 Å². The van der Waals surface area contributed by atoms with E-state index in [2.05, 4.69) is 26.6 Å². The molecule has 1 unspecified atom stereocenters. The number of carbonyl (C=O) groups is 1. The van der Waals surface area contributed by atoms with E-state index < -0.39 is 29.5 Å². The van der Waals surface area contributed by atoms with Crippen LogP contribution in [0.4, 0.5) is 19.3 Å². The summed E-state index contributed by atoms with van der Waals surface area (Å²) < 4.78 is 27.1. The van der Waals surface area contributed by atoms with E-state index in [1.54, 1.807) is 0 Å². The maximum Gasteiger partial charge on any atom is 0.319 e. The van der Waals surface area contributed by atoms with Crippen molar-refractivity contribution in [3.8, 4) is 0 Å². The van der Waals surface area contributed by atoms with Crippen LogP contribution in [0.15, 0.2) is 16.6 Å². The molecule has 0 spiro atoms. The van der Waals surface area contributed by atoms with E-state index >= 15 is 0 Å². The predicted molar refractivity (Wildman–Crippen MR) is 72.0 cm³/mol. The third-order valence-electron chi connectivity index (χ3n) is 2.37. The zero-order valence-corrected chi connectivity index (χ0v) is 11.9. The number of amides is 2. The minimum absolute atomic E-state index is 0.0272. The average Bonchev–Trinajstić information content (AvgIpc) is 2.31. The van der Waals surface area contributed by atoms with Crippen LogP contribution in [0.3, 0.4) is 0 Å². The van der Waals surface area contributed by atoms with Crippen LogP contribution in [0, 0.1) is 11.6 Å². The van der Waals surface area contributed by atoms with Gasteiger partial charge < -0.3 is 15.7 Å². The van der Waals surface area contributed by atoms with Gasteiger partial charge in [0.05, 0.1) is 6.10 Å². The molecule has 1 aromatic rings. The van der Waals surface area contributed by atoms with E-state index in [4.69, 9.17) is 0 Å². The van der Waals surface area contributed by atoms with Crippen molar-refractivity contribution in [3.63, 3.8) is 0 Å². The summed E-state index contributed by atoms with van der Waals surface area (Å²) in [6.45, 7) is 1.93. The first-order valence-electron chi connectivity index (χ1n) is 5.81. The number of hydrogen-bond donors (Lipinski definition) is 3. The van der Waals surface area contributed by atoms with Gasteiger partial charge in [0.2, 0.25) is 0 Å². The van der Waals surface area contributed by atoms with E-state index in [0.717, 1.165) is 18.6 Å². The van der Waals surface area contributed by atoms with Crippen molar-refractivity contribution in [1.82, 2.24) is 5.32 Å². The Morgan fingerprint density at radius 1 is 1.42 bits per heavy atom. The molecule has 1 rings (SSSR count). The Balaban J connectivity index is 2.58. The van der Waals surface area contributed by atoms with Crippen LogP contribution < -0.4 is 10.6 Å². The molecule has 1 atom stereocenters. The van der Waals surface area contributed by atoms with Gasteiger partial charge in [-0.2, -0.15) is 0 Å². The second-order valence-corrected chi connectivity index (χ2v) is 4.94. The Morgan fingerprint density at radius 3 is 2.53 bits per heavy atom. The minimum atomic E-state index is -0.879. The van der Waals surface area contributed by atoms with Gasteiger partial charge in [0.25, 0.3) is 0 Å². The van der Waals surface area contributed by atoms with Crippen LogP contribution in [0.2, 0.25) is 0 Å². The fourth-order valence-electron chi connectivity index (χ4n) is 1.47. The molecule has 0 aliphatic rings. The highest BCUT2D eigenvalue weighted by Gasteiger charge is 2.14. The number of aliphatic hydroxyl groups excluding tert-OH is 1. The molecule has 19 heavy (non-hydrogen) atoms. The molecule has 0 aliphatic carbocycles. The average molecular weight is 337 g/mol. The summed E-state index contributed by atoms with van der Waals surface area (Å²) in [5.74, 6) is -1.76. The zero-order valence-electron chi connectivity index (χ0n) is 10.3. The summed E-state index contributed by atoms with van der Waals surface area (Å²) in [5, 5.41) is 13.8. The van der Waals surface area contributed by atoms with Gasteiger partial charge in [0.1, 0.15) is 5.69 Å². The number of rotatable bonds is 5. The van der Waals surface area contributed by atoms with E-state index in [1.807, 2.05) is 6.92 Å². The number of urea groups is 1. The molecule has 106 valence electrons. The van der Waals surface area contributed by atoms with Gasteiger partial charge in [-0.3, -0.25) is 0 Å². The summed E-state index contributed by atoms with van der Waals surface area (Å²) in [6.07, 6.45) is 0.650. The highest BCUT2D eigenvalue weighted by molar-refractivity contribution is 9.10. The van der Waals surface area contributed by atoms with Gasteiger partial charge in [-0.1, -0.05) is 29.3 Å². The molecule has 2 amide bonds. The maximum atomic E-state index is 13.4. The lowest BCUT2D eigenvalue weighted by Crippen LogP contribution is -2.35. The summed E-state index contributed by atoms with van der Waals surface area (Å²) in [6, 6.07) is 1.32. The number of aliphatic hydroxyl groups is 1. The van der Waals surface area contributed by atoms with E-state index in [1.165, 1.54) is 0 Å². The number of halogens is 3. The fourth-order valence-corrected chi connectivity index (χ4v) is 1.87. The summed E-state index contributed by atoms with van der Waals surface area (Å²) in [4.78, 5) is 11.4. The molecule has 4 nitrogen and oxygen atoms in total. The first-order chi connectivity index (χ1) is 8.93. The number of carbonyl (C=O) groups excluding carboxylic acids is 1. The quantitative estimate of drug-likeness (QED) is 0.774. The Kier molecular flexibility index (Phi) is 6.17. The molecule has 7 heteroatoms. The van der Waals surface area contributed by atoms with Crippen molar-refractivity contribution in [2.75, 3.05) is 11.9 Å². The molecule has 0 aliphatic heterocycles. The van der Waals surface area contributed by atoms with Crippen molar-refractivity contribution >= 4 is 27.6 Å². The van der Waals surface area contributed by atoms with Crippen LogP contribution >= 0.6 is 15.9 Å². The third kappa shape index (κ3) is 5.12. The molecule has 0 saturated carbocycles. The molecule has 3 N–H and O–H groups in total. The minimum Gasteiger partial charge on any atom is -0.391 e. The van der Waals surface area contributed by atoms with Crippen LogP contribution in [-0.4, -0.2) is 23.8 Å². The predicted octanol–water partition coefficient (Wildman–Crippen LogP) is 3.01. The summed E-state index contributed by atoms with van der Waals surface area (Å²) in [5.41, 5.74) is -0.523. The van der Waals surface area contributed by atoms with Gasteiger partial charge in [0, 0.05) is 11.0 Å². The molecule has 1 aromatic carbocycles. The Labute approximate surface area is 118 Å². The smallest absolute Gasteiger partial charge is 0.319 e. The molecular weight excluding hydrogens is 322 g/mol. The highest BCUT2D eigenvalue weighted by atomic mass is 79.9. The van der Waals surface area contributed by atoms with E-state index in [-0.39, 0.29) is 11.0 Å². The molecule has 0 radical (unpaired) electrons. The number of hydrogen-bond acceptors (Lipinski definition) is 2. The molecular formula is C12H15BrF2N2O2. The number of anilines is 1. The number of benzene rings is 1. The molecule has 0 heterocycles. The van der Waals surface area contributed by atoms with Gasteiger partial charge in [0.15, 0.2) is 11.6 Å².